The minimum atomic E-state index is -0.0816. The molecule has 0 bridgehead atoms. The molecule has 0 aliphatic carbocycles. The summed E-state index contributed by atoms with van der Waals surface area (Å²) in [5, 5.41) is 3.01. The maximum atomic E-state index is 12.7. The standard InChI is InChI=1S/C24H25N3O2/c1-29-21-9-4-6-18(16-21)11-13-26-24(28)20-12-14-25-23(17-20)27-15-5-8-19-7-2-3-10-22(19)27/h2-4,6-7,9-10,12,14,16-17H,5,8,11,13,15H2,1H3,(H,26,28). The van der Waals surface area contributed by atoms with Crippen molar-refractivity contribution in [1.82, 2.24) is 10.3 Å². The Morgan fingerprint density at radius 3 is 2.93 bits per heavy atom. The molecule has 29 heavy (non-hydrogen) atoms. The SMILES string of the molecule is COc1cccc(CCNC(=O)c2ccnc(N3CCCc4ccccc43)c2)c1. The zero-order valence-corrected chi connectivity index (χ0v) is 16.6. The Kier molecular flexibility index (Phi) is 5.75. The molecule has 3 aromatic rings. The molecule has 0 spiro atoms. The van der Waals surface area contributed by atoms with Gasteiger partial charge in [-0.3, -0.25) is 4.79 Å². The fourth-order valence-electron chi connectivity index (χ4n) is 3.73. The lowest BCUT2D eigenvalue weighted by atomic mass is 10.0. The molecule has 5 nitrogen and oxygen atoms in total. The number of amides is 1. The van der Waals surface area contributed by atoms with Crippen molar-refractivity contribution < 1.29 is 9.53 Å². The summed E-state index contributed by atoms with van der Waals surface area (Å²) in [5.74, 6) is 1.56. The van der Waals surface area contributed by atoms with Gasteiger partial charge in [0.05, 0.1) is 7.11 Å². The van der Waals surface area contributed by atoms with E-state index in [0.29, 0.717) is 12.1 Å². The Morgan fingerprint density at radius 1 is 1.14 bits per heavy atom. The third kappa shape index (κ3) is 4.40. The average molecular weight is 387 g/mol. The normalized spacial score (nSPS) is 12.9. The van der Waals surface area contributed by atoms with Gasteiger partial charge in [0.25, 0.3) is 5.91 Å². The van der Waals surface area contributed by atoms with Crippen molar-refractivity contribution in [2.75, 3.05) is 25.1 Å². The van der Waals surface area contributed by atoms with Crippen LogP contribution in [0.3, 0.4) is 0 Å². The van der Waals surface area contributed by atoms with Crippen molar-refractivity contribution in [2.45, 2.75) is 19.3 Å². The predicted molar refractivity (Wildman–Crippen MR) is 115 cm³/mol. The third-order valence-corrected chi connectivity index (χ3v) is 5.23. The summed E-state index contributed by atoms with van der Waals surface area (Å²) in [6, 6.07) is 19.9. The highest BCUT2D eigenvalue weighted by Crippen LogP contribution is 2.32. The number of aromatic nitrogens is 1. The highest BCUT2D eigenvalue weighted by molar-refractivity contribution is 5.95. The number of aryl methyl sites for hydroxylation is 1. The minimum absolute atomic E-state index is 0.0816. The summed E-state index contributed by atoms with van der Waals surface area (Å²) in [7, 11) is 1.66. The van der Waals surface area contributed by atoms with Crippen LogP contribution < -0.4 is 15.0 Å². The van der Waals surface area contributed by atoms with Gasteiger partial charge in [-0.1, -0.05) is 30.3 Å². The second-order valence-electron chi connectivity index (χ2n) is 7.14. The minimum Gasteiger partial charge on any atom is -0.497 e. The Hall–Kier alpha value is -3.34. The molecule has 2 heterocycles. The van der Waals surface area contributed by atoms with Crippen LogP contribution >= 0.6 is 0 Å². The number of nitrogens with zero attached hydrogens (tertiary/aromatic N) is 2. The molecule has 0 saturated heterocycles. The van der Waals surface area contributed by atoms with E-state index in [9.17, 15) is 4.79 Å². The van der Waals surface area contributed by atoms with E-state index in [4.69, 9.17) is 4.74 Å². The number of ether oxygens (including phenoxy) is 1. The molecule has 1 aromatic heterocycles. The Balaban J connectivity index is 1.43. The van der Waals surface area contributed by atoms with Gasteiger partial charge in [0.1, 0.15) is 11.6 Å². The second kappa shape index (κ2) is 8.78. The number of carbonyl (C=O) groups excluding carboxylic acids is 1. The zero-order chi connectivity index (χ0) is 20.1. The van der Waals surface area contributed by atoms with Gasteiger partial charge in [0.2, 0.25) is 0 Å². The zero-order valence-electron chi connectivity index (χ0n) is 16.6. The van der Waals surface area contributed by atoms with Gasteiger partial charge in [-0.15, -0.1) is 0 Å². The van der Waals surface area contributed by atoms with Crippen LogP contribution in [-0.2, 0) is 12.8 Å². The molecule has 1 aliphatic heterocycles. The summed E-state index contributed by atoms with van der Waals surface area (Å²) < 4.78 is 5.25. The predicted octanol–water partition coefficient (Wildman–Crippen LogP) is 4.15. The number of rotatable bonds is 6. The fourth-order valence-corrected chi connectivity index (χ4v) is 3.73. The van der Waals surface area contributed by atoms with E-state index in [2.05, 4.69) is 33.4 Å². The van der Waals surface area contributed by atoms with Crippen LogP contribution in [0.1, 0.15) is 27.9 Å². The number of pyridine rings is 1. The average Bonchev–Trinajstić information content (AvgIpc) is 2.79. The van der Waals surface area contributed by atoms with Gasteiger partial charge in [-0.25, -0.2) is 4.98 Å². The number of carbonyl (C=O) groups is 1. The Bertz CT molecular complexity index is 1000. The quantitative estimate of drug-likeness (QED) is 0.690. The van der Waals surface area contributed by atoms with Crippen LogP contribution in [0.5, 0.6) is 5.75 Å². The number of methoxy groups -OCH3 is 1. The molecule has 0 radical (unpaired) electrons. The lowest BCUT2D eigenvalue weighted by Crippen LogP contribution is -2.27. The molecule has 1 aliphatic rings. The van der Waals surface area contributed by atoms with E-state index in [1.54, 1.807) is 19.4 Å². The summed E-state index contributed by atoms with van der Waals surface area (Å²) >= 11 is 0. The van der Waals surface area contributed by atoms with Crippen LogP contribution in [0.2, 0.25) is 0 Å². The molecule has 0 unspecified atom stereocenters. The van der Waals surface area contributed by atoms with Gasteiger partial charge in [-0.05, 0) is 60.7 Å². The van der Waals surface area contributed by atoms with Crippen LogP contribution in [-0.4, -0.2) is 31.1 Å². The van der Waals surface area contributed by atoms with Gasteiger partial charge >= 0.3 is 0 Å². The molecule has 2 aromatic carbocycles. The van der Waals surface area contributed by atoms with E-state index < -0.39 is 0 Å². The number of hydrogen-bond acceptors (Lipinski definition) is 4. The first-order chi connectivity index (χ1) is 14.2. The lowest BCUT2D eigenvalue weighted by molar-refractivity contribution is 0.0954. The van der Waals surface area contributed by atoms with E-state index in [1.807, 2.05) is 36.4 Å². The maximum absolute atomic E-state index is 12.7. The number of fused-ring (bicyclic) bond motifs is 1. The third-order valence-electron chi connectivity index (χ3n) is 5.23. The van der Waals surface area contributed by atoms with Crippen LogP contribution in [0.4, 0.5) is 11.5 Å². The Labute approximate surface area is 171 Å². The van der Waals surface area contributed by atoms with Crippen molar-refractivity contribution in [1.29, 1.82) is 0 Å². The summed E-state index contributed by atoms with van der Waals surface area (Å²) in [6.07, 6.45) is 4.62. The van der Waals surface area contributed by atoms with Gasteiger partial charge in [-0.2, -0.15) is 0 Å². The van der Waals surface area contributed by atoms with Crippen molar-refractivity contribution in [2.24, 2.45) is 0 Å². The first kappa shape index (κ1) is 19.0. The highest BCUT2D eigenvalue weighted by atomic mass is 16.5. The van der Waals surface area contributed by atoms with Crippen molar-refractivity contribution in [3.8, 4) is 5.75 Å². The lowest BCUT2D eigenvalue weighted by Gasteiger charge is -2.30. The molecule has 4 rings (SSSR count). The largest absolute Gasteiger partial charge is 0.497 e. The fraction of sp³-hybridized carbons (Fsp3) is 0.250. The molecule has 148 valence electrons. The van der Waals surface area contributed by atoms with E-state index >= 15 is 0 Å². The molecule has 0 saturated carbocycles. The number of para-hydroxylation sites is 1. The molecule has 5 heteroatoms. The summed E-state index contributed by atoms with van der Waals surface area (Å²) in [5.41, 5.74) is 4.27. The molecule has 0 atom stereocenters. The highest BCUT2D eigenvalue weighted by Gasteiger charge is 2.19. The van der Waals surface area contributed by atoms with Crippen molar-refractivity contribution in [3.05, 3.63) is 83.6 Å². The maximum Gasteiger partial charge on any atom is 0.251 e. The first-order valence-corrected chi connectivity index (χ1v) is 9.97. The number of nitrogens with one attached hydrogen (secondary N) is 1. The van der Waals surface area contributed by atoms with Crippen LogP contribution in [0, 0.1) is 0 Å². The first-order valence-electron chi connectivity index (χ1n) is 9.97. The Morgan fingerprint density at radius 2 is 2.03 bits per heavy atom. The number of hydrogen-bond donors (Lipinski definition) is 1. The number of anilines is 2. The molecule has 1 N–H and O–H groups in total. The van der Waals surface area contributed by atoms with Gasteiger partial charge < -0.3 is 15.0 Å². The monoisotopic (exact) mass is 387 g/mol. The second-order valence-corrected chi connectivity index (χ2v) is 7.14. The van der Waals surface area contributed by atoms with Crippen LogP contribution in [0.15, 0.2) is 66.9 Å². The topological polar surface area (TPSA) is 54.5 Å². The number of benzene rings is 2. The molecule has 0 fully saturated rings. The van der Waals surface area contributed by atoms with Gasteiger partial charge in [0, 0.05) is 30.5 Å². The van der Waals surface area contributed by atoms with Crippen molar-refractivity contribution in [3.63, 3.8) is 0 Å². The molecule has 1 amide bonds. The van der Waals surface area contributed by atoms with Crippen LogP contribution in [0.25, 0.3) is 0 Å². The summed E-state index contributed by atoms with van der Waals surface area (Å²) in [6.45, 7) is 1.47. The van der Waals surface area contributed by atoms with Crippen molar-refractivity contribution >= 4 is 17.4 Å². The van der Waals surface area contributed by atoms with E-state index in [1.165, 1.54) is 11.3 Å². The van der Waals surface area contributed by atoms with E-state index in [-0.39, 0.29) is 5.91 Å². The smallest absolute Gasteiger partial charge is 0.251 e. The summed E-state index contributed by atoms with van der Waals surface area (Å²) in [4.78, 5) is 19.4. The molecular formula is C24H25N3O2. The van der Waals surface area contributed by atoms with Gasteiger partial charge in [0.15, 0.2) is 0 Å². The van der Waals surface area contributed by atoms with E-state index in [0.717, 1.165) is 42.9 Å². The molecular weight excluding hydrogens is 362 g/mol.